The lowest BCUT2D eigenvalue weighted by Gasteiger charge is -2.31. The molecule has 1 aliphatic rings. The van der Waals surface area contributed by atoms with Gasteiger partial charge in [-0.25, -0.2) is 0 Å². The number of benzene rings is 1. The number of H-pyrrole nitrogens is 1. The number of amides is 1. The second-order valence-corrected chi connectivity index (χ2v) is 7.08. The molecule has 27 heavy (non-hydrogen) atoms. The van der Waals surface area contributed by atoms with Gasteiger partial charge >= 0.3 is 0 Å². The van der Waals surface area contributed by atoms with E-state index in [1.165, 1.54) is 5.56 Å². The molecule has 1 aliphatic heterocycles. The molecule has 3 heterocycles. The molecule has 3 aromatic rings. The second-order valence-electron chi connectivity index (χ2n) is 7.08. The zero-order valence-corrected chi connectivity index (χ0v) is 15.6. The molecule has 1 saturated heterocycles. The zero-order valence-electron chi connectivity index (χ0n) is 15.6. The van der Waals surface area contributed by atoms with E-state index in [1.807, 2.05) is 24.0 Å². The van der Waals surface area contributed by atoms with Gasteiger partial charge in [0, 0.05) is 43.9 Å². The van der Waals surface area contributed by atoms with E-state index in [-0.39, 0.29) is 5.91 Å². The molecule has 1 aromatic carbocycles. The van der Waals surface area contributed by atoms with Crippen molar-refractivity contribution in [2.24, 2.45) is 0 Å². The first-order chi connectivity index (χ1) is 13.2. The van der Waals surface area contributed by atoms with E-state index in [0.29, 0.717) is 18.2 Å². The summed E-state index contributed by atoms with van der Waals surface area (Å²) in [5.41, 5.74) is 4.22. The highest BCUT2D eigenvalue weighted by Crippen LogP contribution is 2.28. The molecule has 0 radical (unpaired) electrons. The molecule has 6 heteroatoms. The SMILES string of the molecule is CCn1nccc1C(=O)N1CCC(c2cc(Cc3ccccc3)[nH]n2)CC1. The van der Waals surface area contributed by atoms with Crippen LogP contribution in [0.5, 0.6) is 0 Å². The number of carbonyl (C=O) groups is 1. The van der Waals surface area contributed by atoms with Crippen LogP contribution in [0.3, 0.4) is 0 Å². The summed E-state index contributed by atoms with van der Waals surface area (Å²) in [6.07, 6.45) is 4.46. The summed E-state index contributed by atoms with van der Waals surface area (Å²) in [6.45, 7) is 4.24. The molecule has 0 atom stereocenters. The van der Waals surface area contributed by atoms with Crippen molar-refractivity contribution >= 4 is 5.91 Å². The van der Waals surface area contributed by atoms with Gasteiger partial charge in [-0.2, -0.15) is 10.2 Å². The molecule has 140 valence electrons. The maximum Gasteiger partial charge on any atom is 0.272 e. The Morgan fingerprint density at radius 3 is 2.70 bits per heavy atom. The highest BCUT2D eigenvalue weighted by atomic mass is 16.2. The number of piperidine rings is 1. The van der Waals surface area contributed by atoms with Gasteiger partial charge in [0.15, 0.2) is 0 Å². The molecule has 6 nitrogen and oxygen atoms in total. The van der Waals surface area contributed by atoms with E-state index in [1.54, 1.807) is 10.9 Å². The highest BCUT2D eigenvalue weighted by molar-refractivity contribution is 5.92. The predicted molar refractivity (Wildman–Crippen MR) is 104 cm³/mol. The lowest BCUT2D eigenvalue weighted by molar-refractivity contribution is 0.0699. The Labute approximate surface area is 159 Å². The van der Waals surface area contributed by atoms with E-state index in [0.717, 1.165) is 43.7 Å². The molecule has 4 rings (SSSR count). The standard InChI is InChI=1S/C21H25N5O/c1-2-26-20(8-11-22-26)21(27)25-12-9-17(10-13-25)19-15-18(23-24-19)14-16-6-4-3-5-7-16/h3-8,11,15,17H,2,9-10,12-14H2,1H3,(H,23,24). The van der Waals surface area contributed by atoms with Gasteiger partial charge in [0.1, 0.15) is 5.69 Å². The van der Waals surface area contributed by atoms with Crippen LogP contribution in [0.1, 0.15) is 53.1 Å². The molecule has 0 bridgehead atoms. The first-order valence-electron chi connectivity index (χ1n) is 9.63. The summed E-state index contributed by atoms with van der Waals surface area (Å²) in [7, 11) is 0. The largest absolute Gasteiger partial charge is 0.337 e. The number of rotatable bonds is 5. The van der Waals surface area contributed by atoms with Gasteiger partial charge < -0.3 is 4.90 Å². The Hall–Kier alpha value is -2.89. The maximum absolute atomic E-state index is 12.7. The lowest BCUT2D eigenvalue weighted by Crippen LogP contribution is -2.39. The minimum atomic E-state index is 0.0830. The van der Waals surface area contributed by atoms with Crippen LogP contribution >= 0.6 is 0 Å². The number of carbonyl (C=O) groups excluding carboxylic acids is 1. The van der Waals surface area contributed by atoms with Crippen LogP contribution in [-0.2, 0) is 13.0 Å². The fourth-order valence-corrected chi connectivity index (χ4v) is 3.80. The number of nitrogens with zero attached hydrogens (tertiary/aromatic N) is 4. The van der Waals surface area contributed by atoms with Crippen LogP contribution in [0, 0.1) is 0 Å². The van der Waals surface area contributed by atoms with E-state index in [2.05, 4.69) is 45.6 Å². The van der Waals surface area contributed by atoms with Crippen molar-refractivity contribution in [3.8, 4) is 0 Å². The van der Waals surface area contributed by atoms with Crippen LogP contribution in [0.2, 0.25) is 0 Å². The summed E-state index contributed by atoms with van der Waals surface area (Å²) in [4.78, 5) is 14.7. The summed E-state index contributed by atoms with van der Waals surface area (Å²) in [5, 5.41) is 11.9. The van der Waals surface area contributed by atoms with Gasteiger partial charge in [-0.1, -0.05) is 30.3 Å². The van der Waals surface area contributed by atoms with Gasteiger partial charge in [0.2, 0.25) is 0 Å². The van der Waals surface area contributed by atoms with Crippen molar-refractivity contribution in [1.82, 2.24) is 24.9 Å². The summed E-state index contributed by atoms with van der Waals surface area (Å²) >= 11 is 0. The second kappa shape index (κ2) is 7.78. The Morgan fingerprint density at radius 1 is 1.19 bits per heavy atom. The third-order valence-corrected chi connectivity index (χ3v) is 5.32. The van der Waals surface area contributed by atoms with Crippen LogP contribution in [0.15, 0.2) is 48.7 Å². The normalized spacial score (nSPS) is 15.2. The smallest absolute Gasteiger partial charge is 0.272 e. The number of aromatic amines is 1. The van der Waals surface area contributed by atoms with Crippen LogP contribution in [-0.4, -0.2) is 43.9 Å². The first-order valence-corrected chi connectivity index (χ1v) is 9.63. The summed E-state index contributed by atoms with van der Waals surface area (Å²) in [5.74, 6) is 0.491. The number of hydrogen-bond acceptors (Lipinski definition) is 3. The average molecular weight is 363 g/mol. The number of hydrogen-bond donors (Lipinski definition) is 1. The molecule has 1 fully saturated rings. The lowest BCUT2D eigenvalue weighted by atomic mass is 9.93. The van der Waals surface area contributed by atoms with Crippen LogP contribution in [0.25, 0.3) is 0 Å². The van der Waals surface area contributed by atoms with Gasteiger partial charge in [-0.15, -0.1) is 0 Å². The molecule has 0 aliphatic carbocycles. The van der Waals surface area contributed by atoms with Gasteiger partial charge in [-0.05, 0) is 37.5 Å². The number of nitrogens with one attached hydrogen (secondary N) is 1. The van der Waals surface area contributed by atoms with E-state index < -0.39 is 0 Å². The first kappa shape index (κ1) is 17.5. The topological polar surface area (TPSA) is 66.8 Å². The van der Waals surface area contributed by atoms with Gasteiger partial charge in [0.25, 0.3) is 5.91 Å². The summed E-state index contributed by atoms with van der Waals surface area (Å²) < 4.78 is 1.76. The number of aromatic nitrogens is 4. The fourth-order valence-electron chi connectivity index (χ4n) is 3.80. The third kappa shape index (κ3) is 3.79. The summed E-state index contributed by atoms with van der Waals surface area (Å²) in [6, 6.07) is 14.4. The van der Waals surface area contributed by atoms with Crippen molar-refractivity contribution in [2.75, 3.05) is 13.1 Å². The van der Waals surface area contributed by atoms with Crippen LogP contribution < -0.4 is 0 Å². The molecule has 1 N–H and O–H groups in total. The zero-order chi connectivity index (χ0) is 18.6. The van der Waals surface area contributed by atoms with E-state index in [4.69, 9.17) is 0 Å². The van der Waals surface area contributed by atoms with Crippen molar-refractivity contribution in [3.63, 3.8) is 0 Å². The molecule has 0 unspecified atom stereocenters. The van der Waals surface area contributed by atoms with Crippen molar-refractivity contribution in [1.29, 1.82) is 0 Å². The third-order valence-electron chi connectivity index (χ3n) is 5.32. The Kier molecular flexibility index (Phi) is 5.05. The number of likely N-dealkylation sites (tertiary alicyclic amines) is 1. The minimum absolute atomic E-state index is 0.0830. The van der Waals surface area contributed by atoms with Crippen LogP contribution in [0.4, 0.5) is 0 Å². The molecule has 2 aromatic heterocycles. The monoisotopic (exact) mass is 363 g/mol. The van der Waals surface area contributed by atoms with Crippen molar-refractivity contribution in [2.45, 2.75) is 38.6 Å². The maximum atomic E-state index is 12.7. The predicted octanol–water partition coefficient (Wildman–Crippen LogP) is 3.24. The molecule has 0 saturated carbocycles. The Morgan fingerprint density at radius 2 is 1.96 bits per heavy atom. The van der Waals surface area contributed by atoms with Gasteiger partial charge in [-0.3, -0.25) is 14.6 Å². The van der Waals surface area contributed by atoms with Crippen molar-refractivity contribution in [3.05, 3.63) is 71.3 Å². The highest BCUT2D eigenvalue weighted by Gasteiger charge is 2.27. The Bertz CT molecular complexity index is 890. The van der Waals surface area contributed by atoms with E-state index in [9.17, 15) is 4.79 Å². The quantitative estimate of drug-likeness (QED) is 0.757. The molecular weight excluding hydrogens is 338 g/mol. The van der Waals surface area contributed by atoms with Gasteiger partial charge in [0.05, 0.1) is 5.69 Å². The molecule has 1 amide bonds. The minimum Gasteiger partial charge on any atom is -0.337 e. The molecular formula is C21H25N5O. The Balaban J connectivity index is 1.36. The molecule has 0 spiro atoms. The van der Waals surface area contributed by atoms with Crippen molar-refractivity contribution < 1.29 is 4.79 Å². The fraction of sp³-hybridized carbons (Fsp3) is 0.381. The van der Waals surface area contributed by atoms with E-state index >= 15 is 0 Å². The average Bonchev–Trinajstić information content (AvgIpc) is 3.38. The number of aryl methyl sites for hydroxylation is 1.